The molecule has 3 aromatic rings. The first-order chi connectivity index (χ1) is 12.5. The van der Waals surface area contributed by atoms with Crippen molar-refractivity contribution in [3.8, 4) is 22.8 Å². The standard InChI is InChI=1S/C20H19NO5/c1-12(22)21-17-10-14(20(23)26-4)6-5-13(17)9-18(21)16-8-7-15(24-2)11-19(16)25-3/h5-11H,1-4H3. The molecule has 1 aromatic heterocycles. The second-order valence-electron chi connectivity index (χ2n) is 5.72. The predicted molar refractivity (Wildman–Crippen MR) is 98.1 cm³/mol. The van der Waals surface area contributed by atoms with Crippen LogP contribution in [0.15, 0.2) is 42.5 Å². The molecule has 1 heterocycles. The van der Waals surface area contributed by atoms with Crippen molar-refractivity contribution < 1.29 is 23.8 Å². The van der Waals surface area contributed by atoms with E-state index >= 15 is 0 Å². The van der Waals surface area contributed by atoms with E-state index in [1.54, 1.807) is 49.1 Å². The van der Waals surface area contributed by atoms with Crippen molar-refractivity contribution in [2.45, 2.75) is 6.92 Å². The fraction of sp³-hybridized carbons (Fsp3) is 0.200. The van der Waals surface area contributed by atoms with Gasteiger partial charge in [-0.1, -0.05) is 6.07 Å². The zero-order valence-corrected chi connectivity index (χ0v) is 15.0. The maximum Gasteiger partial charge on any atom is 0.337 e. The first kappa shape index (κ1) is 17.5. The van der Waals surface area contributed by atoms with Crippen LogP contribution in [-0.2, 0) is 4.74 Å². The molecule has 6 nitrogen and oxygen atoms in total. The zero-order chi connectivity index (χ0) is 18.8. The van der Waals surface area contributed by atoms with Gasteiger partial charge in [-0.15, -0.1) is 0 Å². The Morgan fingerprint density at radius 2 is 1.69 bits per heavy atom. The number of methoxy groups -OCH3 is 3. The summed E-state index contributed by atoms with van der Waals surface area (Å²) in [5.41, 5.74) is 2.44. The van der Waals surface area contributed by atoms with Crippen LogP contribution < -0.4 is 9.47 Å². The molecule has 26 heavy (non-hydrogen) atoms. The van der Waals surface area contributed by atoms with E-state index in [0.717, 1.165) is 10.9 Å². The lowest BCUT2D eigenvalue weighted by Gasteiger charge is -2.12. The van der Waals surface area contributed by atoms with Gasteiger partial charge < -0.3 is 14.2 Å². The molecule has 0 bridgehead atoms. The maximum absolute atomic E-state index is 12.4. The molecule has 6 heteroatoms. The summed E-state index contributed by atoms with van der Waals surface area (Å²) >= 11 is 0. The fourth-order valence-electron chi connectivity index (χ4n) is 2.99. The smallest absolute Gasteiger partial charge is 0.337 e. The normalized spacial score (nSPS) is 10.6. The SMILES string of the molecule is COC(=O)c1ccc2cc(-c3ccc(OC)cc3OC)n(C(C)=O)c2c1. The highest BCUT2D eigenvalue weighted by atomic mass is 16.5. The van der Waals surface area contributed by atoms with E-state index in [9.17, 15) is 9.59 Å². The van der Waals surface area contributed by atoms with Gasteiger partial charge in [-0.05, 0) is 30.3 Å². The van der Waals surface area contributed by atoms with Crippen molar-refractivity contribution in [1.82, 2.24) is 4.57 Å². The number of carbonyl (C=O) groups is 2. The van der Waals surface area contributed by atoms with Crippen molar-refractivity contribution in [3.05, 3.63) is 48.0 Å². The second-order valence-corrected chi connectivity index (χ2v) is 5.72. The van der Waals surface area contributed by atoms with Crippen molar-refractivity contribution in [3.63, 3.8) is 0 Å². The van der Waals surface area contributed by atoms with E-state index in [0.29, 0.717) is 28.3 Å². The van der Waals surface area contributed by atoms with Gasteiger partial charge in [0, 0.05) is 23.9 Å². The molecule has 0 aliphatic carbocycles. The van der Waals surface area contributed by atoms with Crippen LogP contribution in [0.1, 0.15) is 22.1 Å². The summed E-state index contributed by atoms with van der Waals surface area (Å²) in [7, 11) is 4.47. The van der Waals surface area contributed by atoms with Crippen LogP contribution in [0, 0.1) is 0 Å². The molecular weight excluding hydrogens is 334 g/mol. The number of nitrogens with zero attached hydrogens (tertiary/aromatic N) is 1. The molecule has 0 atom stereocenters. The minimum absolute atomic E-state index is 0.171. The third kappa shape index (κ3) is 2.90. The summed E-state index contributed by atoms with van der Waals surface area (Å²) in [6.45, 7) is 1.48. The summed E-state index contributed by atoms with van der Waals surface area (Å²) < 4.78 is 17.0. The van der Waals surface area contributed by atoms with Crippen molar-refractivity contribution in [2.75, 3.05) is 21.3 Å². The minimum atomic E-state index is -0.452. The first-order valence-electron chi connectivity index (χ1n) is 7.97. The van der Waals surface area contributed by atoms with Gasteiger partial charge in [-0.2, -0.15) is 0 Å². The molecule has 134 valence electrons. The van der Waals surface area contributed by atoms with Crippen LogP contribution in [0.25, 0.3) is 22.2 Å². The topological polar surface area (TPSA) is 66.8 Å². The van der Waals surface area contributed by atoms with Gasteiger partial charge >= 0.3 is 5.97 Å². The Morgan fingerprint density at radius 3 is 2.31 bits per heavy atom. The number of hydrogen-bond acceptors (Lipinski definition) is 5. The van der Waals surface area contributed by atoms with E-state index in [-0.39, 0.29) is 5.91 Å². The van der Waals surface area contributed by atoms with E-state index in [2.05, 4.69) is 0 Å². The number of benzene rings is 2. The highest BCUT2D eigenvalue weighted by Gasteiger charge is 2.19. The molecule has 0 radical (unpaired) electrons. The monoisotopic (exact) mass is 353 g/mol. The average Bonchev–Trinajstić information content (AvgIpc) is 3.05. The van der Waals surface area contributed by atoms with Crippen molar-refractivity contribution >= 4 is 22.8 Å². The Bertz CT molecular complexity index is 1000. The van der Waals surface area contributed by atoms with Crippen LogP contribution in [0.4, 0.5) is 0 Å². The van der Waals surface area contributed by atoms with Crippen molar-refractivity contribution in [1.29, 1.82) is 0 Å². The molecule has 0 N–H and O–H groups in total. The third-order valence-corrected chi connectivity index (χ3v) is 4.23. The molecular formula is C20H19NO5. The number of ether oxygens (including phenoxy) is 3. The largest absolute Gasteiger partial charge is 0.497 e. The molecule has 0 unspecified atom stereocenters. The molecule has 0 amide bonds. The van der Waals surface area contributed by atoms with Gasteiger partial charge in [-0.25, -0.2) is 4.79 Å². The minimum Gasteiger partial charge on any atom is -0.497 e. The molecule has 0 aliphatic rings. The van der Waals surface area contributed by atoms with Gasteiger partial charge in [0.05, 0.1) is 38.1 Å². The summed E-state index contributed by atoms with van der Waals surface area (Å²) in [5.74, 6) is 0.619. The van der Waals surface area contributed by atoms with E-state index < -0.39 is 5.97 Å². The third-order valence-electron chi connectivity index (χ3n) is 4.23. The van der Waals surface area contributed by atoms with Gasteiger partial charge in [0.15, 0.2) is 0 Å². The van der Waals surface area contributed by atoms with E-state index in [1.165, 1.54) is 14.0 Å². The predicted octanol–water partition coefficient (Wildman–Crippen LogP) is 3.77. The zero-order valence-electron chi connectivity index (χ0n) is 15.0. The van der Waals surface area contributed by atoms with Crippen LogP contribution in [0.5, 0.6) is 11.5 Å². The Kier molecular flexibility index (Phi) is 4.67. The van der Waals surface area contributed by atoms with Gasteiger partial charge in [0.25, 0.3) is 0 Å². The average molecular weight is 353 g/mol. The molecule has 2 aromatic carbocycles. The molecule has 3 rings (SSSR count). The van der Waals surface area contributed by atoms with Crippen LogP contribution in [0.3, 0.4) is 0 Å². The van der Waals surface area contributed by atoms with E-state index in [4.69, 9.17) is 14.2 Å². The Hall–Kier alpha value is -3.28. The number of carbonyl (C=O) groups excluding carboxylic acids is 2. The lowest BCUT2D eigenvalue weighted by atomic mass is 10.1. The summed E-state index contributed by atoms with van der Waals surface area (Å²) in [4.78, 5) is 24.2. The Morgan fingerprint density at radius 1 is 0.923 bits per heavy atom. The first-order valence-corrected chi connectivity index (χ1v) is 7.97. The Balaban J connectivity index is 2.28. The van der Waals surface area contributed by atoms with Gasteiger partial charge in [-0.3, -0.25) is 9.36 Å². The highest BCUT2D eigenvalue weighted by molar-refractivity contribution is 6.01. The quantitative estimate of drug-likeness (QED) is 0.668. The number of rotatable bonds is 4. The molecule has 0 saturated heterocycles. The number of hydrogen-bond donors (Lipinski definition) is 0. The second kappa shape index (κ2) is 6.92. The van der Waals surface area contributed by atoms with Crippen LogP contribution in [0.2, 0.25) is 0 Å². The number of esters is 1. The molecule has 0 spiro atoms. The Labute approximate surface area is 150 Å². The molecule has 0 aliphatic heterocycles. The number of aromatic nitrogens is 1. The molecule has 0 fully saturated rings. The fourth-order valence-corrected chi connectivity index (χ4v) is 2.99. The molecule has 0 saturated carbocycles. The number of fused-ring (bicyclic) bond motifs is 1. The van der Waals surface area contributed by atoms with Gasteiger partial charge in [0.1, 0.15) is 11.5 Å². The lowest BCUT2D eigenvalue weighted by Crippen LogP contribution is -2.08. The van der Waals surface area contributed by atoms with E-state index in [1.807, 2.05) is 12.1 Å². The highest BCUT2D eigenvalue weighted by Crippen LogP contribution is 2.36. The van der Waals surface area contributed by atoms with Crippen LogP contribution in [-0.4, -0.2) is 37.8 Å². The summed E-state index contributed by atoms with van der Waals surface area (Å²) in [6.07, 6.45) is 0. The lowest BCUT2D eigenvalue weighted by molar-refractivity contribution is 0.0600. The van der Waals surface area contributed by atoms with Gasteiger partial charge in [0.2, 0.25) is 5.91 Å². The summed E-state index contributed by atoms with van der Waals surface area (Å²) in [6, 6.07) is 12.4. The van der Waals surface area contributed by atoms with Crippen LogP contribution >= 0.6 is 0 Å². The summed E-state index contributed by atoms with van der Waals surface area (Å²) in [5, 5.41) is 0.834. The maximum atomic E-state index is 12.4. The van der Waals surface area contributed by atoms with Crippen molar-refractivity contribution in [2.24, 2.45) is 0 Å².